The average Bonchev–Trinajstić information content (AvgIpc) is 2.67. The van der Waals surface area contributed by atoms with E-state index in [0.29, 0.717) is 12.8 Å². The number of hydrogen-bond acceptors (Lipinski definition) is 3. The molecule has 3 heteroatoms. The minimum absolute atomic E-state index is 0.203. The third kappa shape index (κ3) is 3.49. The summed E-state index contributed by atoms with van der Waals surface area (Å²) in [6, 6.07) is 20.5. The molecule has 0 saturated carbocycles. The van der Waals surface area contributed by atoms with Crippen molar-refractivity contribution in [1.82, 2.24) is 0 Å². The maximum absolute atomic E-state index is 12.5. The summed E-state index contributed by atoms with van der Waals surface area (Å²) in [5.74, 6) is -0.509. The van der Waals surface area contributed by atoms with Crippen LogP contribution < -0.4 is 0 Å². The van der Waals surface area contributed by atoms with Crippen LogP contribution in [0.25, 0.3) is 11.1 Å². The molecule has 0 aliphatic heterocycles. The van der Waals surface area contributed by atoms with E-state index < -0.39 is 0 Å². The van der Waals surface area contributed by atoms with E-state index in [9.17, 15) is 4.79 Å². The Balaban J connectivity index is 2.19. The molecule has 0 saturated heterocycles. The largest absolute Gasteiger partial charge is 0.469 e. The smallest absolute Gasteiger partial charge is 0.313 e. The van der Waals surface area contributed by atoms with E-state index in [2.05, 4.69) is 18.2 Å². The van der Waals surface area contributed by atoms with Gasteiger partial charge in [-0.2, -0.15) is 5.26 Å². The van der Waals surface area contributed by atoms with Gasteiger partial charge in [0.15, 0.2) is 0 Å². The van der Waals surface area contributed by atoms with Gasteiger partial charge in [0.1, 0.15) is 0 Å². The molecule has 3 nitrogen and oxygen atoms in total. The molecule has 2 aromatic rings. The van der Waals surface area contributed by atoms with Gasteiger partial charge in [-0.25, -0.2) is 0 Å². The summed E-state index contributed by atoms with van der Waals surface area (Å²) in [5.41, 5.74) is 5.63. The summed E-state index contributed by atoms with van der Waals surface area (Å²) < 4.78 is 5.10. The van der Waals surface area contributed by atoms with Crippen LogP contribution in [0.1, 0.15) is 36.0 Å². The highest BCUT2D eigenvalue weighted by atomic mass is 16.5. The predicted molar refractivity (Wildman–Crippen MR) is 98.4 cm³/mol. The number of ether oxygens (including phenoxy) is 1. The van der Waals surface area contributed by atoms with Gasteiger partial charge in [-0.15, -0.1) is 0 Å². The van der Waals surface area contributed by atoms with Gasteiger partial charge in [-0.3, -0.25) is 4.79 Å². The van der Waals surface area contributed by atoms with Crippen LogP contribution in [0.15, 0.2) is 54.6 Å². The number of unbranched alkanes of at least 4 members (excludes halogenated alkanes) is 1. The third-order valence-corrected chi connectivity index (χ3v) is 4.73. The lowest BCUT2D eigenvalue weighted by atomic mass is 9.74. The topological polar surface area (TPSA) is 50.1 Å². The van der Waals surface area contributed by atoms with E-state index in [1.54, 1.807) is 0 Å². The number of esters is 1. The zero-order valence-electron chi connectivity index (χ0n) is 14.4. The first-order chi connectivity index (χ1) is 12.3. The molecule has 0 amide bonds. The molecule has 1 aliphatic rings. The van der Waals surface area contributed by atoms with Crippen LogP contribution in [0, 0.1) is 17.2 Å². The molecule has 0 heterocycles. The molecular formula is C22H21NO2. The van der Waals surface area contributed by atoms with Gasteiger partial charge < -0.3 is 4.74 Å². The molecule has 0 radical (unpaired) electrons. The van der Waals surface area contributed by atoms with Gasteiger partial charge in [0.05, 0.1) is 19.1 Å². The quantitative estimate of drug-likeness (QED) is 0.592. The van der Waals surface area contributed by atoms with Crippen molar-refractivity contribution >= 4 is 17.1 Å². The Kier molecular flexibility index (Phi) is 5.30. The first-order valence-corrected chi connectivity index (χ1v) is 8.57. The number of nitriles is 1. The van der Waals surface area contributed by atoms with Gasteiger partial charge in [-0.1, -0.05) is 54.6 Å². The summed E-state index contributed by atoms with van der Waals surface area (Å²) >= 11 is 0. The number of benzene rings is 2. The van der Waals surface area contributed by atoms with E-state index >= 15 is 0 Å². The fourth-order valence-electron chi connectivity index (χ4n) is 3.62. The number of rotatable bonds is 5. The van der Waals surface area contributed by atoms with Gasteiger partial charge in [-0.05, 0) is 47.1 Å². The van der Waals surface area contributed by atoms with Crippen molar-refractivity contribution in [1.29, 1.82) is 5.26 Å². The number of carbonyl (C=O) groups is 1. The third-order valence-electron chi connectivity index (χ3n) is 4.73. The Morgan fingerprint density at radius 1 is 1.16 bits per heavy atom. The second-order valence-corrected chi connectivity index (χ2v) is 6.21. The number of allylic oxidation sites excluding steroid dienone is 1. The van der Waals surface area contributed by atoms with Crippen molar-refractivity contribution in [3.8, 4) is 6.07 Å². The van der Waals surface area contributed by atoms with Gasteiger partial charge in [0, 0.05) is 6.42 Å². The number of methoxy groups -OCH3 is 1. The molecule has 1 unspecified atom stereocenters. The van der Waals surface area contributed by atoms with Crippen LogP contribution in [0.4, 0.5) is 0 Å². The highest BCUT2D eigenvalue weighted by Crippen LogP contribution is 2.43. The molecule has 1 aliphatic carbocycles. The lowest BCUT2D eigenvalue weighted by Crippen LogP contribution is -2.25. The van der Waals surface area contributed by atoms with Crippen molar-refractivity contribution in [3.63, 3.8) is 0 Å². The first kappa shape index (κ1) is 17.0. The lowest BCUT2D eigenvalue weighted by Gasteiger charge is -2.29. The van der Waals surface area contributed by atoms with Crippen molar-refractivity contribution in [3.05, 3.63) is 71.3 Å². The second kappa shape index (κ2) is 7.81. The standard InChI is InChI=1S/C22H21NO2/c1-25-22(24)20-15-17-11-5-6-12-18(17)19(13-7-8-14-23)21(20)16-9-3-2-4-10-16/h2-6,9-12,20H,7-8,13,15H2,1H3. The lowest BCUT2D eigenvalue weighted by molar-refractivity contribution is -0.143. The van der Waals surface area contributed by atoms with Crippen LogP contribution in [-0.2, 0) is 16.0 Å². The minimum atomic E-state index is -0.306. The second-order valence-electron chi connectivity index (χ2n) is 6.21. The van der Waals surface area contributed by atoms with Crippen molar-refractivity contribution in [2.45, 2.75) is 25.7 Å². The zero-order valence-corrected chi connectivity index (χ0v) is 14.4. The molecule has 2 aromatic carbocycles. The number of nitrogens with zero attached hydrogens (tertiary/aromatic N) is 1. The van der Waals surface area contributed by atoms with Gasteiger partial charge >= 0.3 is 5.97 Å². The Morgan fingerprint density at radius 2 is 1.88 bits per heavy atom. The summed E-state index contributed by atoms with van der Waals surface area (Å²) in [4.78, 5) is 12.5. The van der Waals surface area contributed by atoms with E-state index in [4.69, 9.17) is 10.00 Å². The summed E-state index contributed by atoms with van der Waals surface area (Å²) in [6.07, 6.45) is 2.72. The fourth-order valence-corrected chi connectivity index (χ4v) is 3.62. The first-order valence-electron chi connectivity index (χ1n) is 8.57. The van der Waals surface area contributed by atoms with Crippen LogP contribution in [-0.4, -0.2) is 13.1 Å². The number of carbonyl (C=O) groups excluding carboxylic acids is 1. The molecule has 25 heavy (non-hydrogen) atoms. The molecular weight excluding hydrogens is 310 g/mol. The highest BCUT2D eigenvalue weighted by molar-refractivity contribution is 6.02. The molecule has 0 spiro atoms. The SMILES string of the molecule is COC(=O)C1Cc2ccccc2C(CCCC#N)=C1c1ccccc1. The highest BCUT2D eigenvalue weighted by Gasteiger charge is 2.33. The van der Waals surface area contributed by atoms with Crippen molar-refractivity contribution < 1.29 is 9.53 Å². The maximum atomic E-state index is 12.5. The van der Waals surface area contributed by atoms with Gasteiger partial charge in [0.25, 0.3) is 0 Å². The Morgan fingerprint density at radius 3 is 2.60 bits per heavy atom. The normalized spacial score (nSPS) is 16.1. The molecule has 0 aromatic heterocycles. The van der Waals surface area contributed by atoms with E-state index in [1.165, 1.54) is 23.8 Å². The molecule has 0 N–H and O–H groups in total. The summed E-state index contributed by atoms with van der Waals surface area (Å²) in [5, 5.41) is 8.91. The Hall–Kier alpha value is -2.86. The Labute approximate surface area is 148 Å². The fraction of sp³-hybridized carbons (Fsp3) is 0.273. The van der Waals surface area contributed by atoms with E-state index in [1.807, 2.05) is 42.5 Å². The zero-order chi connectivity index (χ0) is 17.6. The maximum Gasteiger partial charge on any atom is 0.313 e. The summed E-state index contributed by atoms with van der Waals surface area (Å²) in [6.45, 7) is 0. The van der Waals surface area contributed by atoms with Gasteiger partial charge in [0.2, 0.25) is 0 Å². The van der Waals surface area contributed by atoms with Crippen LogP contribution in [0.2, 0.25) is 0 Å². The molecule has 3 rings (SSSR count). The average molecular weight is 331 g/mol. The van der Waals surface area contributed by atoms with Crippen LogP contribution in [0.5, 0.6) is 0 Å². The Bertz CT molecular complexity index is 831. The molecule has 126 valence electrons. The van der Waals surface area contributed by atoms with Crippen LogP contribution >= 0.6 is 0 Å². The number of fused-ring (bicyclic) bond motifs is 1. The molecule has 1 atom stereocenters. The van der Waals surface area contributed by atoms with Crippen molar-refractivity contribution in [2.24, 2.45) is 5.92 Å². The van der Waals surface area contributed by atoms with Crippen LogP contribution in [0.3, 0.4) is 0 Å². The van der Waals surface area contributed by atoms with Crippen molar-refractivity contribution in [2.75, 3.05) is 7.11 Å². The monoisotopic (exact) mass is 331 g/mol. The van der Waals surface area contributed by atoms with E-state index in [-0.39, 0.29) is 11.9 Å². The molecule has 0 bridgehead atoms. The summed E-state index contributed by atoms with van der Waals surface area (Å²) in [7, 11) is 1.45. The minimum Gasteiger partial charge on any atom is -0.469 e. The predicted octanol–water partition coefficient (Wildman–Crippen LogP) is 4.64. The van der Waals surface area contributed by atoms with E-state index in [0.717, 1.165) is 24.0 Å². The molecule has 0 fully saturated rings. The number of hydrogen-bond donors (Lipinski definition) is 0.